The first-order chi connectivity index (χ1) is 11.9. The Labute approximate surface area is 159 Å². The molecule has 0 radical (unpaired) electrons. The minimum absolute atomic E-state index is 0.264. The number of benzene rings is 1. The Hall–Kier alpha value is -0.930. The predicted molar refractivity (Wildman–Crippen MR) is 108 cm³/mol. The fraction of sp³-hybridized carbons (Fsp3) is 0.619. The molecule has 26 heavy (non-hydrogen) atoms. The van der Waals surface area contributed by atoms with Gasteiger partial charge in [0, 0.05) is 0 Å². The van der Waals surface area contributed by atoms with Gasteiger partial charge in [0.1, 0.15) is 0 Å². The number of aliphatic hydroxyl groups excluding tert-OH is 1. The van der Waals surface area contributed by atoms with Gasteiger partial charge in [-0.15, -0.1) is 0 Å². The molecule has 1 N–H and O–H groups in total. The zero-order valence-corrected chi connectivity index (χ0v) is 18.1. The van der Waals surface area contributed by atoms with Crippen LogP contribution in [0.5, 0.6) is 0 Å². The summed E-state index contributed by atoms with van der Waals surface area (Å²) in [5.41, 5.74) is 0.866. The van der Waals surface area contributed by atoms with Crippen molar-refractivity contribution in [3.8, 4) is 0 Å². The third-order valence-corrected chi connectivity index (χ3v) is 5.94. The van der Waals surface area contributed by atoms with Crippen molar-refractivity contribution in [1.29, 1.82) is 0 Å². The summed E-state index contributed by atoms with van der Waals surface area (Å²) in [5, 5.41) is 11.3. The third-order valence-electron chi connectivity index (χ3n) is 3.49. The first-order valence-corrected chi connectivity index (χ1v) is 10.9. The summed E-state index contributed by atoms with van der Waals surface area (Å²) in [6.45, 7) is 13.3. The van der Waals surface area contributed by atoms with E-state index in [9.17, 15) is 9.67 Å². The van der Waals surface area contributed by atoms with Gasteiger partial charge in [0.25, 0.3) is 0 Å². The summed E-state index contributed by atoms with van der Waals surface area (Å²) in [4.78, 5) is 0. The Morgan fingerprint density at radius 3 is 2.00 bits per heavy atom. The molecule has 0 fully saturated rings. The Kier molecular flexibility index (Phi) is 8.75. The van der Waals surface area contributed by atoms with E-state index in [4.69, 9.17) is 9.05 Å². The number of aliphatic hydroxyl groups is 1. The van der Waals surface area contributed by atoms with E-state index < -0.39 is 13.7 Å². The molecule has 0 amide bonds. The molecule has 0 aliphatic carbocycles. The lowest BCUT2D eigenvalue weighted by molar-refractivity contribution is 0.135. The molecule has 4 nitrogen and oxygen atoms in total. The van der Waals surface area contributed by atoms with Crippen molar-refractivity contribution in [2.24, 2.45) is 5.41 Å². The van der Waals surface area contributed by atoms with Gasteiger partial charge in [-0.2, -0.15) is 0 Å². The minimum atomic E-state index is -3.60. The molecule has 1 atom stereocenters. The smallest absolute Gasteiger partial charge is 0.360 e. The van der Waals surface area contributed by atoms with Crippen LogP contribution < -0.4 is 0 Å². The SMILES string of the molecule is CC(C)OP(=O)(OC(C)C)/C(=C/C(C)(C)C)C(O)CCc1ccccc1. The lowest BCUT2D eigenvalue weighted by atomic mass is 9.94. The van der Waals surface area contributed by atoms with Gasteiger partial charge in [0.05, 0.1) is 23.6 Å². The average molecular weight is 382 g/mol. The number of aryl methyl sites for hydroxylation is 1. The highest BCUT2D eigenvalue weighted by atomic mass is 31.2. The van der Waals surface area contributed by atoms with Crippen molar-refractivity contribution in [3.05, 3.63) is 47.3 Å². The zero-order chi connectivity index (χ0) is 20.0. The standard InChI is InChI=1S/C21H35O4P/c1-16(2)24-26(23,25-17(3)4)20(15-21(5,6)7)19(22)14-13-18-11-9-8-10-12-18/h8-12,15-17,19,22H,13-14H2,1-7H3/b20-15+. The van der Waals surface area contributed by atoms with Gasteiger partial charge < -0.3 is 14.2 Å². The van der Waals surface area contributed by atoms with Gasteiger partial charge in [-0.1, -0.05) is 57.2 Å². The molecule has 5 heteroatoms. The van der Waals surface area contributed by atoms with Crippen molar-refractivity contribution in [3.63, 3.8) is 0 Å². The zero-order valence-electron chi connectivity index (χ0n) is 17.2. The highest BCUT2D eigenvalue weighted by Crippen LogP contribution is 2.60. The lowest BCUT2D eigenvalue weighted by Crippen LogP contribution is -2.20. The highest BCUT2D eigenvalue weighted by molar-refractivity contribution is 7.58. The lowest BCUT2D eigenvalue weighted by Gasteiger charge is -2.29. The molecule has 0 saturated heterocycles. The third kappa shape index (κ3) is 8.18. The Morgan fingerprint density at radius 2 is 1.58 bits per heavy atom. The quantitative estimate of drug-likeness (QED) is 0.536. The molecule has 0 heterocycles. The number of hydrogen-bond acceptors (Lipinski definition) is 4. The van der Waals surface area contributed by atoms with E-state index in [1.165, 1.54) is 0 Å². The van der Waals surface area contributed by atoms with E-state index in [1.807, 2.05) is 84.9 Å². The Balaban J connectivity index is 3.15. The summed E-state index contributed by atoms with van der Waals surface area (Å²) >= 11 is 0. The minimum Gasteiger partial charge on any atom is -0.388 e. The summed E-state index contributed by atoms with van der Waals surface area (Å²) in [5.74, 6) is 0. The maximum absolute atomic E-state index is 13.6. The van der Waals surface area contributed by atoms with Crippen LogP contribution in [-0.2, 0) is 20.0 Å². The van der Waals surface area contributed by atoms with E-state index in [-0.39, 0.29) is 17.6 Å². The maximum atomic E-state index is 13.6. The van der Waals surface area contributed by atoms with Gasteiger partial charge in [-0.3, -0.25) is 4.57 Å². The molecule has 0 spiro atoms. The van der Waals surface area contributed by atoms with E-state index in [1.54, 1.807) is 0 Å². The van der Waals surface area contributed by atoms with Crippen LogP contribution in [0.1, 0.15) is 60.5 Å². The molecule has 0 aromatic heterocycles. The second kappa shape index (κ2) is 9.85. The van der Waals surface area contributed by atoms with Crippen LogP contribution in [0.4, 0.5) is 0 Å². The van der Waals surface area contributed by atoms with Crippen LogP contribution in [0, 0.1) is 5.41 Å². The molecule has 0 bridgehead atoms. The van der Waals surface area contributed by atoms with Gasteiger partial charge in [0.15, 0.2) is 0 Å². The van der Waals surface area contributed by atoms with Crippen molar-refractivity contribution < 1.29 is 18.7 Å². The van der Waals surface area contributed by atoms with Crippen molar-refractivity contribution in [2.45, 2.75) is 79.6 Å². The van der Waals surface area contributed by atoms with Crippen molar-refractivity contribution in [2.75, 3.05) is 0 Å². The van der Waals surface area contributed by atoms with Crippen LogP contribution in [0.25, 0.3) is 0 Å². The molecule has 1 aromatic carbocycles. The van der Waals surface area contributed by atoms with E-state index in [0.717, 1.165) is 5.56 Å². The van der Waals surface area contributed by atoms with Crippen LogP contribution in [0.2, 0.25) is 0 Å². The molecule has 1 unspecified atom stereocenters. The monoisotopic (exact) mass is 382 g/mol. The molecule has 0 aliphatic rings. The van der Waals surface area contributed by atoms with Gasteiger partial charge in [0.2, 0.25) is 0 Å². The van der Waals surface area contributed by atoms with Crippen LogP contribution in [0.3, 0.4) is 0 Å². The molecular formula is C21H35O4P. The fourth-order valence-electron chi connectivity index (χ4n) is 2.60. The normalized spacial score (nSPS) is 14.9. The summed E-state index contributed by atoms with van der Waals surface area (Å²) in [7, 11) is -3.60. The summed E-state index contributed by atoms with van der Waals surface area (Å²) < 4.78 is 25.1. The van der Waals surface area contributed by atoms with Gasteiger partial charge in [-0.25, -0.2) is 0 Å². The van der Waals surface area contributed by atoms with Crippen molar-refractivity contribution >= 4 is 7.60 Å². The van der Waals surface area contributed by atoms with Crippen molar-refractivity contribution in [1.82, 2.24) is 0 Å². The van der Waals surface area contributed by atoms with Crippen LogP contribution >= 0.6 is 7.60 Å². The second-order valence-corrected chi connectivity index (χ2v) is 10.2. The number of allylic oxidation sites excluding steroid dienone is 1. The fourth-order valence-corrected chi connectivity index (χ4v) is 5.04. The molecule has 1 aromatic rings. The predicted octanol–water partition coefficient (Wildman–Crippen LogP) is 5.95. The topological polar surface area (TPSA) is 55.8 Å². The maximum Gasteiger partial charge on any atom is 0.360 e. The van der Waals surface area contributed by atoms with E-state index >= 15 is 0 Å². The first-order valence-electron chi connectivity index (χ1n) is 9.35. The largest absolute Gasteiger partial charge is 0.388 e. The van der Waals surface area contributed by atoms with E-state index in [2.05, 4.69) is 0 Å². The summed E-state index contributed by atoms with van der Waals surface area (Å²) in [6.07, 6.45) is 1.55. The highest BCUT2D eigenvalue weighted by Gasteiger charge is 2.37. The first kappa shape index (κ1) is 23.1. The second-order valence-electron chi connectivity index (χ2n) is 8.28. The van der Waals surface area contributed by atoms with Crippen LogP contribution in [-0.4, -0.2) is 23.4 Å². The van der Waals surface area contributed by atoms with E-state index in [0.29, 0.717) is 18.2 Å². The number of rotatable bonds is 9. The molecular weight excluding hydrogens is 347 g/mol. The van der Waals surface area contributed by atoms with Gasteiger partial charge in [-0.05, 0) is 51.5 Å². The molecule has 1 rings (SSSR count). The molecule has 0 saturated carbocycles. The molecule has 148 valence electrons. The molecule has 0 aliphatic heterocycles. The van der Waals surface area contributed by atoms with Gasteiger partial charge >= 0.3 is 7.60 Å². The summed E-state index contributed by atoms with van der Waals surface area (Å²) in [6, 6.07) is 9.96. The Bertz CT molecular complexity index is 601. The Morgan fingerprint density at radius 1 is 1.08 bits per heavy atom. The van der Waals surface area contributed by atoms with Crippen LogP contribution in [0.15, 0.2) is 41.7 Å². The number of hydrogen-bond donors (Lipinski definition) is 1. The average Bonchev–Trinajstić information content (AvgIpc) is 2.48.